The Bertz CT molecular complexity index is 1170. The zero-order valence-electron chi connectivity index (χ0n) is 15.7. The van der Waals surface area contributed by atoms with Crippen LogP contribution in [-0.4, -0.2) is 20.2 Å². The predicted octanol–water partition coefficient (Wildman–Crippen LogP) is 3.52. The van der Waals surface area contributed by atoms with Crippen LogP contribution in [0.5, 0.6) is 0 Å². The minimum absolute atomic E-state index is 0.143. The number of aryl methyl sites for hydroxylation is 1. The number of benzene rings is 2. The van der Waals surface area contributed by atoms with Crippen LogP contribution < -0.4 is 15.8 Å². The number of hydrogen-bond donors (Lipinski definition) is 3. The third-order valence-electron chi connectivity index (χ3n) is 4.31. The molecule has 0 spiro atoms. The van der Waals surface area contributed by atoms with Gasteiger partial charge in [-0.3, -0.25) is 14.3 Å². The van der Waals surface area contributed by atoms with Crippen molar-refractivity contribution in [2.24, 2.45) is 5.73 Å². The molecule has 29 heavy (non-hydrogen) atoms. The van der Waals surface area contributed by atoms with Gasteiger partial charge in [-0.25, -0.2) is 8.42 Å². The van der Waals surface area contributed by atoms with E-state index in [9.17, 15) is 18.0 Å². The maximum absolute atomic E-state index is 12.5. The summed E-state index contributed by atoms with van der Waals surface area (Å²) < 4.78 is 27.2. The lowest BCUT2D eigenvalue weighted by Crippen LogP contribution is -2.17. The lowest BCUT2D eigenvalue weighted by atomic mass is 10.1. The highest BCUT2D eigenvalue weighted by Gasteiger charge is 2.20. The molecule has 1 aromatic heterocycles. The van der Waals surface area contributed by atoms with Crippen molar-refractivity contribution >= 4 is 43.9 Å². The lowest BCUT2D eigenvalue weighted by Gasteiger charge is -2.09. The summed E-state index contributed by atoms with van der Waals surface area (Å²) in [6, 6.07) is 14.0. The summed E-state index contributed by atoms with van der Waals surface area (Å²) in [4.78, 5) is 25.2. The lowest BCUT2D eigenvalue weighted by molar-refractivity contribution is 0.100. The molecule has 1 heterocycles. The van der Waals surface area contributed by atoms with Gasteiger partial charge in [0, 0.05) is 16.1 Å². The monoisotopic (exact) mass is 429 g/mol. The fourth-order valence-electron chi connectivity index (χ4n) is 2.69. The Morgan fingerprint density at radius 1 is 0.966 bits per heavy atom. The van der Waals surface area contributed by atoms with Gasteiger partial charge in [0.05, 0.1) is 10.5 Å². The van der Waals surface area contributed by atoms with E-state index in [1.54, 1.807) is 25.1 Å². The van der Waals surface area contributed by atoms with Gasteiger partial charge in [-0.2, -0.15) is 0 Å². The summed E-state index contributed by atoms with van der Waals surface area (Å²) >= 11 is 1.28. The number of amides is 2. The van der Waals surface area contributed by atoms with Crippen molar-refractivity contribution in [2.75, 3.05) is 10.0 Å². The van der Waals surface area contributed by atoms with Gasteiger partial charge in [-0.05, 0) is 55.8 Å². The fraction of sp³-hybridized carbons (Fsp3) is 0.100. The molecule has 3 aromatic rings. The molecule has 0 aliphatic heterocycles. The molecule has 2 amide bonds. The molecule has 0 unspecified atom stereocenters. The summed E-state index contributed by atoms with van der Waals surface area (Å²) in [6.45, 7) is 3.62. The van der Waals surface area contributed by atoms with Crippen molar-refractivity contribution in [3.63, 3.8) is 0 Å². The van der Waals surface area contributed by atoms with E-state index in [0.717, 1.165) is 10.4 Å². The first-order valence-corrected chi connectivity index (χ1v) is 10.9. The SMILES string of the molecule is Cc1sc(NC(=O)c2ccc(NS(=O)(=O)c3ccccc3)cc2)c(C(N)=O)c1C. The number of primary amides is 1. The highest BCUT2D eigenvalue weighted by atomic mass is 32.2. The molecule has 0 aliphatic carbocycles. The predicted molar refractivity (Wildman–Crippen MR) is 114 cm³/mol. The molecule has 0 aliphatic rings. The van der Waals surface area contributed by atoms with Crippen molar-refractivity contribution < 1.29 is 18.0 Å². The maximum Gasteiger partial charge on any atom is 0.261 e. The summed E-state index contributed by atoms with van der Waals surface area (Å²) in [7, 11) is -3.71. The zero-order chi connectivity index (χ0) is 21.2. The number of rotatable bonds is 6. The van der Waals surface area contributed by atoms with Crippen LogP contribution in [0.2, 0.25) is 0 Å². The maximum atomic E-state index is 12.5. The number of nitrogens with two attached hydrogens (primary N) is 1. The van der Waals surface area contributed by atoms with Gasteiger partial charge >= 0.3 is 0 Å². The largest absolute Gasteiger partial charge is 0.365 e. The second kappa shape index (κ2) is 8.06. The zero-order valence-corrected chi connectivity index (χ0v) is 17.4. The van der Waals surface area contributed by atoms with Gasteiger partial charge in [0.15, 0.2) is 0 Å². The molecule has 0 bridgehead atoms. The summed E-state index contributed by atoms with van der Waals surface area (Å²) in [5, 5.41) is 3.10. The van der Waals surface area contributed by atoms with Crippen LogP contribution >= 0.6 is 11.3 Å². The molecular weight excluding hydrogens is 410 g/mol. The fourth-order valence-corrected chi connectivity index (χ4v) is 4.83. The normalized spacial score (nSPS) is 11.1. The Labute approximate surface area is 172 Å². The van der Waals surface area contributed by atoms with Crippen LogP contribution in [0.25, 0.3) is 0 Å². The highest BCUT2D eigenvalue weighted by Crippen LogP contribution is 2.32. The Morgan fingerprint density at radius 3 is 2.17 bits per heavy atom. The molecule has 150 valence electrons. The van der Waals surface area contributed by atoms with Gasteiger partial charge in [0.1, 0.15) is 5.00 Å². The second-order valence-corrected chi connectivity index (χ2v) is 9.21. The van der Waals surface area contributed by atoms with E-state index >= 15 is 0 Å². The molecule has 0 saturated heterocycles. The standard InChI is InChI=1S/C20H19N3O4S2/c1-12-13(2)28-20(17(12)18(21)24)22-19(25)14-8-10-15(11-9-14)23-29(26,27)16-6-4-3-5-7-16/h3-11,23H,1-2H3,(H2,21,24)(H,22,25). The molecule has 0 saturated carbocycles. The van der Waals surface area contributed by atoms with Gasteiger partial charge in [0.2, 0.25) is 0 Å². The first-order chi connectivity index (χ1) is 13.7. The van der Waals surface area contributed by atoms with Gasteiger partial charge in [0.25, 0.3) is 21.8 Å². The van der Waals surface area contributed by atoms with E-state index in [4.69, 9.17) is 5.73 Å². The van der Waals surface area contributed by atoms with Crippen molar-refractivity contribution in [1.29, 1.82) is 0 Å². The quantitative estimate of drug-likeness (QED) is 0.555. The topological polar surface area (TPSA) is 118 Å². The van der Waals surface area contributed by atoms with E-state index < -0.39 is 21.8 Å². The van der Waals surface area contributed by atoms with Crippen LogP contribution in [0.4, 0.5) is 10.7 Å². The van der Waals surface area contributed by atoms with Gasteiger partial charge in [-0.15, -0.1) is 11.3 Å². The Kier molecular flexibility index (Phi) is 5.71. The van der Waals surface area contributed by atoms with E-state index in [0.29, 0.717) is 21.8 Å². The second-order valence-electron chi connectivity index (χ2n) is 6.30. The van der Waals surface area contributed by atoms with Crippen LogP contribution in [0.3, 0.4) is 0 Å². The van der Waals surface area contributed by atoms with Crippen LogP contribution in [0.15, 0.2) is 59.5 Å². The molecule has 0 radical (unpaired) electrons. The highest BCUT2D eigenvalue weighted by molar-refractivity contribution is 7.92. The average molecular weight is 430 g/mol. The minimum Gasteiger partial charge on any atom is -0.365 e. The van der Waals surface area contributed by atoms with E-state index in [1.165, 1.54) is 47.7 Å². The molecule has 3 rings (SSSR count). The van der Waals surface area contributed by atoms with Crippen LogP contribution in [0, 0.1) is 13.8 Å². The van der Waals surface area contributed by atoms with Crippen molar-refractivity contribution in [3.8, 4) is 0 Å². The summed E-state index contributed by atoms with van der Waals surface area (Å²) in [5.41, 5.74) is 7.10. The molecule has 2 aromatic carbocycles. The summed E-state index contributed by atoms with van der Waals surface area (Å²) in [6.07, 6.45) is 0. The van der Waals surface area contributed by atoms with E-state index in [2.05, 4.69) is 10.0 Å². The van der Waals surface area contributed by atoms with Crippen LogP contribution in [0.1, 0.15) is 31.2 Å². The third kappa shape index (κ3) is 4.47. The number of sulfonamides is 1. The Morgan fingerprint density at radius 2 is 1.59 bits per heavy atom. The summed E-state index contributed by atoms with van der Waals surface area (Å²) in [5.74, 6) is -1.03. The average Bonchev–Trinajstić information content (AvgIpc) is 2.96. The van der Waals surface area contributed by atoms with Gasteiger partial charge < -0.3 is 11.1 Å². The number of carbonyl (C=O) groups is 2. The Hall–Kier alpha value is -3.17. The molecule has 9 heteroatoms. The molecule has 0 atom stereocenters. The number of carbonyl (C=O) groups excluding carboxylic acids is 2. The molecule has 4 N–H and O–H groups in total. The number of hydrogen-bond acceptors (Lipinski definition) is 5. The van der Waals surface area contributed by atoms with E-state index in [-0.39, 0.29) is 4.90 Å². The first kappa shape index (κ1) is 20.6. The third-order valence-corrected chi connectivity index (χ3v) is 6.83. The molecule has 0 fully saturated rings. The molecule has 7 nitrogen and oxygen atoms in total. The van der Waals surface area contributed by atoms with Gasteiger partial charge in [-0.1, -0.05) is 18.2 Å². The minimum atomic E-state index is -3.71. The molecular formula is C20H19N3O4S2. The smallest absolute Gasteiger partial charge is 0.261 e. The first-order valence-electron chi connectivity index (χ1n) is 8.58. The number of nitrogens with one attached hydrogen (secondary N) is 2. The van der Waals surface area contributed by atoms with Crippen molar-refractivity contribution in [2.45, 2.75) is 18.7 Å². The van der Waals surface area contributed by atoms with Crippen molar-refractivity contribution in [1.82, 2.24) is 0 Å². The van der Waals surface area contributed by atoms with E-state index in [1.807, 2.05) is 6.92 Å². The number of anilines is 2. The van der Waals surface area contributed by atoms with Crippen molar-refractivity contribution in [3.05, 3.63) is 76.2 Å². The van der Waals surface area contributed by atoms with Crippen LogP contribution in [-0.2, 0) is 10.0 Å². The Balaban J connectivity index is 1.76. The number of thiophene rings is 1.